The third-order valence-electron chi connectivity index (χ3n) is 2.86. The van der Waals surface area contributed by atoms with Gasteiger partial charge in [-0.3, -0.25) is 4.79 Å². The summed E-state index contributed by atoms with van der Waals surface area (Å²) >= 11 is 0. The number of sulfone groups is 1. The van der Waals surface area contributed by atoms with Crippen LogP contribution in [0.5, 0.6) is 0 Å². The lowest BCUT2D eigenvalue weighted by Gasteiger charge is -2.11. The molecule has 0 saturated heterocycles. The number of benzene rings is 1. The zero-order chi connectivity index (χ0) is 17.2. The first kappa shape index (κ1) is 16.2. The fourth-order valence-electron chi connectivity index (χ4n) is 1.92. The van der Waals surface area contributed by atoms with Crippen molar-refractivity contribution in [2.45, 2.75) is 4.90 Å². The van der Waals surface area contributed by atoms with E-state index >= 15 is 0 Å². The summed E-state index contributed by atoms with van der Waals surface area (Å²) < 4.78 is 25.5. The Balaban J connectivity index is 2.81. The van der Waals surface area contributed by atoms with E-state index in [1.165, 1.54) is 29.4 Å². The average Bonchev–Trinajstić information content (AvgIpc) is 2.98. The molecule has 0 saturated carbocycles. The van der Waals surface area contributed by atoms with Crippen LogP contribution in [-0.2, 0) is 9.84 Å². The number of rotatable bonds is 3. The van der Waals surface area contributed by atoms with Crippen molar-refractivity contribution in [2.75, 3.05) is 6.26 Å². The van der Waals surface area contributed by atoms with Crippen LogP contribution in [0, 0.1) is 11.3 Å². The molecule has 0 aliphatic heterocycles. The number of nitrogens with two attached hydrogens (primary N) is 2. The Morgan fingerprint density at radius 2 is 2.09 bits per heavy atom. The Kier molecular flexibility index (Phi) is 4.15. The second-order valence-corrected chi connectivity index (χ2v) is 6.55. The smallest absolute Gasteiger partial charge is 0.281 e. The van der Waals surface area contributed by atoms with E-state index in [9.17, 15) is 18.5 Å². The fraction of sp³-hybridized carbons (Fsp3) is 0.0769. The second-order valence-electron chi connectivity index (χ2n) is 4.56. The number of guanidine groups is 1. The SMILES string of the molecule is CS(=O)(=O)c1cc(C(=O)N=C(N)N)c(C#N)cc1-n1ccnc1. The number of carbonyl (C=O) groups is 1. The van der Waals surface area contributed by atoms with Crippen LogP contribution in [0.2, 0.25) is 0 Å². The number of nitriles is 1. The van der Waals surface area contributed by atoms with Crippen LogP contribution in [-0.4, -0.2) is 36.1 Å². The van der Waals surface area contributed by atoms with Gasteiger partial charge in [-0.05, 0) is 12.1 Å². The highest BCUT2D eigenvalue weighted by molar-refractivity contribution is 7.90. The quantitative estimate of drug-likeness (QED) is 0.569. The summed E-state index contributed by atoms with van der Waals surface area (Å²) in [6.45, 7) is 0. The summed E-state index contributed by atoms with van der Waals surface area (Å²) in [6, 6.07) is 4.18. The van der Waals surface area contributed by atoms with Crippen LogP contribution in [0.15, 0.2) is 40.7 Å². The van der Waals surface area contributed by atoms with E-state index < -0.39 is 21.7 Å². The summed E-state index contributed by atoms with van der Waals surface area (Å²) in [5.41, 5.74) is 10.2. The van der Waals surface area contributed by atoms with Crippen molar-refractivity contribution in [1.29, 1.82) is 5.26 Å². The number of hydrogen-bond donors (Lipinski definition) is 2. The number of aliphatic imine (C=N–C) groups is 1. The predicted octanol–water partition coefficient (Wildman–Crippen LogP) is -0.439. The molecule has 1 aromatic heterocycles. The van der Waals surface area contributed by atoms with Crippen LogP contribution in [0.3, 0.4) is 0 Å². The number of amides is 1. The van der Waals surface area contributed by atoms with Gasteiger partial charge in [0.1, 0.15) is 6.07 Å². The molecule has 1 heterocycles. The summed E-state index contributed by atoms with van der Waals surface area (Å²) in [4.78, 5) is 19.0. The van der Waals surface area contributed by atoms with Crippen molar-refractivity contribution in [1.82, 2.24) is 9.55 Å². The van der Waals surface area contributed by atoms with Gasteiger partial charge in [0.2, 0.25) is 0 Å². The summed E-state index contributed by atoms with van der Waals surface area (Å²) in [5, 5.41) is 9.23. The monoisotopic (exact) mass is 332 g/mol. The van der Waals surface area contributed by atoms with Crippen molar-refractivity contribution in [2.24, 2.45) is 16.5 Å². The maximum atomic E-state index is 12.0. The summed E-state index contributed by atoms with van der Waals surface area (Å²) in [7, 11) is -3.69. The molecule has 23 heavy (non-hydrogen) atoms. The van der Waals surface area contributed by atoms with E-state index in [0.29, 0.717) is 0 Å². The van der Waals surface area contributed by atoms with Crippen LogP contribution >= 0.6 is 0 Å². The molecule has 0 fully saturated rings. The molecule has 0 unspecified atom stereocenters. The van der Waals surface area contributed by atoms with Gasteiger partial charge in [0.15, 0.2) is 15.8 Å². The van der Waals surface area contributed by atoms with E-state index in [1.807, 2.05) is 6.07 Å². The summed E-state index contributed by atoms with van der Waals surface area (Å²) in [5.74, 6) is -1.39. The molecular formula is C13H12N6O3S. The van der Waals surface area contributed by atoms with Gasteiger partial charge in [-0.1, -0.05) is 0 Å². The molecule has 4 N–H and O–H groups in total. The van der Waals surface area contributed by atoms with Crippen LogP contribution in [0.1, 0.15) is 15.9 Å². The lowest BCUT2D eigenvalue weighted by Crippen LogP contribution is -2.24. The van der Waals surface area contributed by atoms with Crippen molar-refractivity contribution >= 4 is 21.7 Å². The van der Waals surface area contributed by atoms with Gasteiger partial charge in [-0.2, -0.15) is 10.3 Å². The first-order valence-electron chi connectivity index (χ1n) is 6.14. The first-order chi connectivity index (χ1) is 10.7. The van der Waals surface area contributed by atoms with Crippen molar-refractivity contribution < 1.29 is 13.2 Å². The van der Waals surface area contributed by atoms with E-state index in [4.69, 9.17) is 11.5 Å². The van der Waals surface area contributed by atoms with Crippen molar-refractivity contribution in [3.8, 4) is 11.8 Å². The lowest BCUT2D eigenvalue weighted by atomic mass is 10.1. The first-order valence-corrected chi connectivity index (χ1v) is 8.03. The van der Waals surface area contributed by atoms with Crippen molar-refractivity contribution in [3.63, 3.8) is 0 Å². The Labute approximate surface area is 131 Å². The molecule has 0 spiro atoms. The third-order valence-corrected chi connectivity index (χ3v) is 3.99. The maximum absolute atomic E-state index is 12.0. The average molecular weight is 332 g/mol. The third kappa shape index (κ3) is 3.35. The number of imidazole rings is 1. The number of aromatic nitrogens is 2. The molecular weight excluding hydrogens is 320 g/mol. The number of nitrogens with zero attached hydrogens (tertiary/aromatic N) is 4. The molecule has 2 aromatic rings. The molecule has 1 amide bonds. The van der Waals surface area contributed by atoms with Crippen LogP contribution in [0.4, 0.5) is 0 Å². The zero-order valence-electron chi connectivity index (χ0n) is 12.0. The Bertz CT molecular complexity index is 935. The Hall–Kier alpha value is -3.19. The minimum absolute atomic E-state index is 0.0592. The topological polar surface area (TPSA) is 157 Å². The van der Waals surface area contributed by atoms with Gasteiger partial charge in [-0.15, -0.1) is 0 Å². The highest BCUT2D eigenvalue weighted by Gasteiger charge is 2.21. The van der Waals surface area contributed by atoms with Gasteiger partial charge < -0.3 is 16.0 Å². The molecule has 0 aliphatic rings. The van der Waals surface area contributed by atoms with Gasteiger partial charge in [0.25, 0.3) is 5.91 Å². The molecule has 1 aromatic carbocycles. The normalized spacial score (nSPS) is 10.8. The fourth-order valence-corrected chi connectivity index (χ4v) is 2.79. The molecule has 2 rings (SSSR count). The Morgan fingerprint density at radius 1 is 1.39 bits per heavy atom. The van der Waals surface area contributed by atoms with Crippen molar-refractivity contribution in [3.05, 3.63) is 42.0 Å². The largest absolute Gasteiger partial charge is 0.370 e. The minimum Gasteiger partial charge on any atom is -0.370 e. The van der Waals surface area contributed by atoms with Gasteiger partial charge in [0.05, 0.1) is 28.0 Å². The van der Waals surface area contributed by atoms with E-state index in [2.05, 4.69) is 9.98 Å². The van der Waals surface area contributed by atoms with E-state index in [-0.39, 0.29) is 21.7 Å². The zero-order valence-corrected chi connectivity index (χ0v) is 12.8. The standard InChI is InChI=1S/C13H12N6O3S/c1-23(21,22)11-5-9(12(20)18-13(15)16)8(6-14)4-10(11)19-3-2-17-7-19/h2-5,7H,1H3,(H4,15,16,18,20). The molecule has 0 atom stereocenters. The van der Waals surface area contributed by atoms with Crippen LogP contribution in [0.25, 0.3) is 5.69 Å². The van der Waals surface area contributed by atoms with Gasteiger partial charge in [-0.25, -0.2) is 13.4 Å². The Morgan fingerprint density at radius 3 is 2.57 bits per heavy atom. The highest BCUT2D eigenvalue weighted by Crippen LogP contribution is 2.25. The highest BCUT2D eigenvalue weighted by atomic mass is 32.2. The maximum Gasteiger partial charge on any atom is 0.281 e. The number of hydrogen-bond acceptors (Lipinski definition) is 5. The molecule has 10 heteroatoms. The molecule has 0 bridgehead atoms. The molecule has 9 nitrogen and oxygen atoms in total. The molecule has 0 radical (unpaired) electrons. The van der Waals surface area contributed by atoms with E-state index in [1.54, 1.807) is 0 Å². The van der Waals surface area contributed by atoms with E-state index in [0.717, 1.165) is 12.3 Å². The van der Waals surface area contributed by atoms with Crippen LogP contribution < -0.4 is 11.5 Å². The molecule has 118 valence electrons. The number of carbonyl (C=O) groups excluding carboxylic acids is 1. The lowest BCUT2D eigenvalue weighted by molar-refractivity contribution is 0.100. The minimum atomic E-state index is -3.69. The second kappa shape index (κ2) is 5.90. The van der Waals surface area contributed by atoms with Gasteiger partial charge in [0, 0.05) is 18.6 Å². The molecule has 0 aliphatic carbocycles. The van der Waals surface area contributed by atoms with Gasteiger partial charge >= 0.3 is 0 Å². The predicted molar refractivity (Wildman–Crippen MR) is 81.5 cm³/mol. The summed E-state index contributed by atoms with van der Waals surface area (Å²) in [6.07, 6.45) is 5.34.